The van der Waals surface area contributed by atoms with Gasteiger partial charge in [0.2, 0.25) is 0 Å². The van der Waals surface area contributed by atoms with Crippen LogP contribution in [0.3, 0.4) is 0 Å². The average Bonchev–Trinajstić information content (AvgIpc) is 2.87. The third-order valence-electron chi connectivity index (χ3n) is 3.55. The molecule has 0 atom stereocenters. The lowest BCUT2D eigenvalue weighted by Gasteiger charge is -2.26. The highest BCUT2D eigenvalue weighted by Crippen LogP contribution is 2.18. The van der Waals surface area contributed by atoms with E-state index in [9.17, 15) is 9.59 Å². The zero-order chi connectivity index (χ0) is 14.1. The predicted molar refractivity (Wildman–Crippen MR) is 72.9 cm³/mol. The largest absolute Gasteiger partial charge is 0.497 e. The van der Waals surface area contributed by atoms with Gasteiger partial charge in [0.25, 0.3) is 11.5 Å². The van der Waals surface area contributed by atoms with Gasteiger partial charge in [-0.15, -0.1) is 0 Å². The molecule has 20 heavy (non-hydrogen) atoms. The summed E-state index contributed by atoms with van der Waals surface area (Å²) in [6, 6.07) is 7.08. The summed E-state index contributed by atoms with van der Waals surface area (Å²) in [4.78, 5) is 25.7. The Balaban J connectivity index is 1.83. The Kier molecular flexibility index (Phi) is 3.06. The Morgan fingerprint density at radius 3 is 3.00 bits per heavy atom. The number of aromatic nitrogens is 2. The number of nitrogens with one attached hydrogen (secondary N) is 2. The molecule has 6 nitrogen and oxygen atoms in total. The van der Waals surface area contributed by atoms with Crippen LogP contribution in [-0.4, -0.2) is 34.7 Å². The first kappa shape index (κ1) is 12.5. The minimum atomic E-state index is -0.0894. The van der Waals surface area contributed by atoms with Gasteiger partial charge in [0.15, 0.2) is 0 Å². The summed E-state index contributed by atoms with van der Waals surface area (Å²) in [7, 11) is 1.57. The van der Waals surface area contributed by atoms with E-state index in [0.717, 1.165) is 11.3 Å². The van der Waals surface area contributed by atoms with Gasteiger partial charge in [-0.1, -0.05) is 6.07 Å². The van der Waals surface area contributed by atoms with E-state index in [0.29, 0.717) is 30.8 Å². The molecule has 3 rings (SSSR count). The van der Waals surface area contributed by atoms with Crippen LogP contribution >= 0.6 is 0 Å². The maximum atomic E-state index is 12.5. The van der Waals surface area contributed by atoms with Gasteiger partial charge in [-0.3, -0.25) is 14.7 Å². The van der Waals surface area contributed by atoms with E-state index in [1.54, 1.807) is 36.3 Å². The smallest absolute Gasteiger partial charge is 0.267 e. The number of benzene rings is 1. The van der Waals surface area contributed by atoms with Crippen molar-refractivity contribution in [1.82, 2.24) is 15.1 Å². The number of amides is 1. The molecule has 2 heterocycles. The average molecular weight is 273 g/mol. The van der Waals surface area contributed by atoms with Crippen LogP contribution in [0.15, 0.2) is 29.1 Å². The lowest BCUT2D eigenvalue weighted by atomic mass is 10.1. The highest BCUT2D eigenvalue weighted by molar-refractivity contribution is 5.94. The highest BCUT2D eigenvalue weighted by atomic mass is 16.5. The monoisotopic (exact) mass is 273 g/mol. The predicted octanol–water partition coefficient (Wildman–Crippen LogP) is 0.910. The number of hydrogen-bond donors (Lipinski definition) is 2. The van der Waals surface area contributed by atoms with Crippen molar-refractivity contribution in [3.8, 4) is 5.75 Å². The molecule has 1 aliphatic rings. The van der Waals surface area contributed by atoms with Crippen LogP contribution in [0.25, 0.3) is 0 Å². The summed E-state index contributed by atoms with van der Waals surface area (Å²) in [5, 5.41) is 5.39. The number of nitrogens with zero attached hydrogens (tertiary/aromatic N) is 1. The number of aromatic amines is 2. The topological polar surface area (TPSA) is 78.2 Å². The van der Waals surface area contributed by atoms with E-state index in [-0.39, 0.29) is 11.5 Å². The van der Waals surface area contributed by atoms with Gasteiger partial charge in [-0.25, -0.2) is 0 Å². The molecule has 0 unspecified atom stereocenters. The molecule has 1 aromatic heterocycles. The van der Waals surface area contributed by atoms with Crippen LogP contribution in [0, 0.1) is 0 Å². The van der Waals surface area contributed by atoms with Gasteiger partial charge >= 0.3 is 0 Å². The van der Waals surface area contributed by atoms with E-state index in [1.807, 2.05) is 0 Å². The van der Waals surface area contributed by atoms with Crippen LogP contribution in [0.4, 0.5) is 0 Å². The molecule has 0 spiro atoms. The zero-order valence-electron chi connectivity index (χ0n) is 11.1. The summed E-state index contributed by atoms with van der Waals surface area (Å²) in [5.41, 5.74) is 2.04. The molecular weight excluding hydrogens is 258 g/mol. The van der Waals surface area contributed by atoms with Crippen molar-refractivity contribution in [3.63, 3.8) is 0 Å². The summed E-state index contributed by atoms with van der Waals surface area (Å²) in [6.45, 7) is 0.966. The van der Waals surface area contributed by atoms with Crippen molar-refractivity contribution in [1.29, 1.82) is 0 Å². The van der Waals surface area contributed by atoms with Gasteiger partial charge in [0.1, 0.15) is 5.75 Å². The number of carbonyl (C=O) groups is 1. The Bertz CT molecular complexity index is 702. The summed E-state index contributed by atoms with van der Waals surface area (Å²) < 4.78 is 5.13. The number of fused-ring (bicyclic) bond motifs is 1. The minimum Gasteiger partial charge on any atom is -0.497 e. The first-order valence-electron chi connectivity index (χ1n) is 6.41. The molecule has 0 fully saturated rings. The van der Waals surface area contributed by atoms with Crippen LogP contribution in [0.5, 0.6) is 5.75 Å². The third-order valence-corrected chi connectivity index (χ3v) is 3.55. The molecular formula is C14H15N3O3. The van der Waals surface area contributed by atoms with Crippen molar-refractivity contribution in [2.24, 2.45) is 0 Å². The van der Waals surface area contributed by atoms with Gasteiger partial charge in [0, 0.05) is 17.7 Å². The van der Waals surface area contributed by atoms with Crippen molar-refractivity contribution in [3.05, 3.63) is 51.4 Å². The first-order chi connectivity index (χ1) is 9.69. The molecule has 0 saturated carbocycles. The Morgan fingerprint density at radius 1 is 1.35 bits per heavy atom. The summed E-state index contributed by atoms with van der Waals surface area (Å²) in [6.07, 6.45) is 0.573. The summed E-state index contributed by atoms with van der Waals surface area (Å²) in [5.74, 6) is 0.597. The SMILES string of the molecule is COc1cccc(C(=O)N2CCc3c([nH][nH]c3=O)C2)c1. The van der Waals surface area contributed by atoms with Crippen molar-refractivity contribution < 1.29 is 9.53 Å². The molecule has 0 radical (unpaired) electrons. The second-order valence-electron chi connectivity index (χ2n) is 4.74. The molecule has 1 aromatic carbocycles. The fourth-order valence-corrected chi connectivity index (χ4v) is 2.45. The zero-order valence-corrected chi connectivity index (χ0v) is 11.1. The fourth-order valence-electron chi connectivity index (χ4n) is 2.45. The Morgan fingerprint density at radius 2 is 2.20 bits per heavy atom. The Labute approximate surface area is 115 Å². The van der Waals surface area contributed by atoms with E-state index in [2.05, 4.69) is 10.2 Å². The molecule has 1 aliphatic heterocycles. The van der Waals surface area contributed by atoms with E-state index < -0.39 is 0 Å². The number of hydrogen-bond acceptors (Lipinski definition) is 3. The first-order valence-corrected chi connectivity index (χ1v) is 6.41. The summed E-state index contributed by atoms with van der Waals surface area (Å²) >= 11 is 0. The van der Waals surface area contributed by atoms with Crippen molar-refractivity contribution in [2.45, 2.75) is 13.0 Å². The number of carbonyl (C=O) groups excluding carboxylic acids is 1. The lowest BCUT2D eigenvalue weighted by molar-refractivity contribution is 0.0732. The second kappa shape index (κ2) is 4.88. The minimum absolute atomic E-state index is 0.0587. The molecule has 104 valence electrons. The number of methoxy groups -OCH3 is 1. The van der Waals surface area contributed by atoms with Crippen molar-refractivity contribution in [2.75, 3.05) is 13.7 Å². The quantitative estimate of drug-likeness (QED) is 0.853. The van der Waals surface area contributed by atoms with Crippen LogP contribution in [0.1, 0.15) is 21.6 Å². The standard InChI is InChI=1S/C14H15N3O3/c1-20-10-4-2-3-9(7-10)14(19)17-6-5-11-12(8-17)15-16-13(11)18/h2-4,7H,5-6,8H2,1H3,(H2,15,16,18). The van der Waals surface area contributed by atoms with Gasteiger partial charge < -0.3 is 14.7 Å². The second-order valence-corrected chi connectivity index (χ2v) is 4.74. The molecule has 2 aromatic rings. The van der Waals surface area contributed by atoms with Crippen LogP contribution in [-0.2, 0) is 13.0 Å². The third kappa shape index (κ3) is 2.09. The van der Waals surface area contributed by atoms with Gasteiger partial charge in [-0.2, -0.15) is 0 Å². The molecule has 0 bridgehead atoms. The van der Waals surface area contributed by atoms with Gasteiger partial charge in [0.05, 0.1) is 19.3 Å². The van der Waals surface area contributed by atoms with E-state index >= 15 is 0 Å². The van der Waals surface area contributed by atoms with Crippen molar-refractivity contribution >= 4 is 5.91 Å². The number of rotatable bonds is 2. The fraction of sp³-hybridized carbons (Fsp3) is 0.286. The van der Waals surface area contributed by atoms with E-state index in [4.69, 9.17) is 4.74 Å². The molecule has 2 N–H and O–H groups in total. The molecule has 0 aliphatic carbocycles. The molecule has 6 heteroatoms. The van der Waals surface area contributed by atoms with Crippen LogP contribution in [0.2, 0.25) is 0 Å². The maximum Gasteiger partial charge on any atom is 0.267 e. The number of H-pyrrole nitrogens is 2. The maximum absolute atomic E-state index is 12.5. The normalized spacial score (nSPS) is 13.9. The van der Waals surface area contributed by atoms with Crippen LogP contribution < -0.4 is 10.3 Å². The number of ether oxygens (including phenoxy) is 1. The lowest BCUT2D eigenvalue weighted by Crippen LogP contribution is -2.36. The molecule has 0 saturated heterocycles. The van der Waals surface area contributed by atoms with E-state index in [1.165, 1.54) is 0 Å². The highest BCUT2D eigenvalue weighted by Gasteiger charge is 2.24. The Hall–Kier alpha value is -2.50. The molecule has 1 amide bonds. The van der Waals surface area contributed by atoms with Gasteiger partial charge in [-0.05, 0) is 24.6 Å².